The molecule has 5 nitrogen and oxygen atoms in total. The summed E-state index contributed by atoms with van der Waals surface area (Å²) in [5.74, 6) is 0.644. The first-order chi connectivity index (χ1) is 12.7. The molecule has 0 heterocycles. The predicted molar refractivity (Wildman–Crippen MR) is 108 cm³/mol. The molecular formula is C21H33FN4O. The summed E-state index contributed by atoms with van der Waals surface area (Å²) in [6, 6.07) is 6.61. The molecule has 0 aromatic heterocycles. The van der Waals surface area contributed by atoms with Gasteiger partial charge in [-0.15, -0.1) is 0 Å². The molecule has 2 N–H and O–H groups in total. The number of aliphatic imine (C=N–C) groups is 1. The van der Waals surface area contributed by atoms with Crippen LogP contribution in [0.15, 0.2) is 29.3 Å². The maximum absolute atomic E-state index is 13.2. The van der Waals surface area contributed by atoms with Gasteiger partial charge < -0.3 is 15.5 Å². The zero-order valence-electron chi connectivity index (χ0n) is 17.2. The smallest absolute Gasteiger partial charge is 0.230 e. The van der Waals surface area contributed by atoms with Gasteiger partial charge in [-0.25, -0.2) is 4.39 Å². The van der Waals surface area contributed by atoms with Crippen LogP contribution in [0.1, 0.15) is 45.1 Å². The van der Waals surface area contributed by atoms with Crippen molar-refractivity contribution in [1.82, 2.24) is 15.5 Å². The number of carbonyl (C=O) groups excluding carboxylic acids is 1. The molecule has 0 spiro atoms. The van der Waals surface area contributed by atoms with Crippen LogP contribution in [-0.4, -0.2) is 51.0 Å². The van der Waals surface area contributed by atoms with E-state index in [0.29, 0.717) is 19.0 Å². The Morgan fingerprint density at radius 2 is 1.78 bits per heavy atom. The van der Waals surface area contributed by atoms with Crippen molar-refractivity contribution < 1.29 is 9.18 Å². The average Bonchev–Trinajstić information content (AvgIpc) is 3.11. The van der Waals surface area contributed by atoms with E-state index >= 15 is 0 Å². The highest BCUT2D eigenvalue weighted by molar-refractivity contribution is 5.85. The van der Waals surface area contributed by atoms with E-state index in [1.165, 1.54) is 12.1 Å². The van der Waals surface area contributed by atoms with E-state index in [9.17, 15) is 9.18 Å². The monoisotopic (exact) mass is 376 g/mol. The van der Waals surface area contributed by atoms with E-state index in [4.69, 9.17) is 0 Å². The summed E-state index contributed by atoms with van der Waals surface area (Å²) in [7, 11) is 5.37. The molecule has 1 amide bonds. The standard InChI is InChI=1S/C21H33FN4O/c1-20(2,16-8-10-17(22)11-9-16)14-24-19(23-3)25-15-21(12-6-7-13-21)18(27)26(4)5/h8-11H,6-7,12-15H2,1-5H3,(H2,23,24,25). The summed E-state index contributed by atoms with van der Waals surface area (Å²) in [4.78, 5) is 18.7. The number of nitrogens with one attached hydrogen (secondary N) is 2. The number of rotatable bonds is 6. The van der Waals surface area contributed by atoms with Crippen molar-refractivity contribution in [3.05, 3.63) is 35.6 Å². The topological polar surface area (TPSA) is 56.7 Å². The molecule has 1 aromatic rings. The van der Waals surface area contributed by atoms with Crippen LogP contribution in [-0.2, 0) is 10.2 Å². The minimum Gasteiger partial charge on any atom is -0.356 e. The van der Waals surface area contributed by atoms with Crippen LogP contribution in [0, 0.1) is 11.2 Å². The van der Waals surface area contributed by atoms with E-state index < -0.39 is 0 Å². The van der Waals surface area contributed by atoms with Crippen LogP contribution in [0.4, 0.5) is 4.39 Å². The van der Waals surface area contributed by atoms with Gasteiger partial charge >= 0.3 is 0 Å². The minimum atomic E-state index is -0.340. The van der Waals surface area contributed by atoms with Crippen molar-refractivity contribution in [2.45, 2.75) is 44.9 Å². The van der Waals surface area contributed by atoms with Gasteiger partial charge in [-0.2, -0.15) is 0 Å². The fourth-order valence-corrected chi connectivity index (χ4v) is 3.77. The fraction of sp³-hybridized carbons (Fsp3) is 0.619. The number of hydrogen-bond donors (Lipinski definition) is 2. The number of nitrogens with zero attached hydrogens (tertiary/aromatic N) is 2. The first-order valence-electron chi connectivity index (χ1n) is 9.62. The first-order valence-corrected chi connectivity index (χ1v) is 9.62. The second-order valence-corrected chi connectivity index (χ2v) is 8.36. The number of halogens is 1. The Bertz CT molecular complexity index is 661. The summed E-state index contributed by atoms with van der Waals surface area (Å²) in [6.45, 7) is 5.44. The molecule has 0 aliphatic heterocycles. The van der Waals surface area contributed by atoms with Crippen LogP contribution >= 0.6 is 0 Å². The van der Waals surface area contributed by atoms with Crippen LogP contribution in [0.5, 0.6) is 0 Å². The van der Waals surface area contributed by atoms with Crippen molar-refractivity contribution in [2.24, 2.45) is 10.4 Å². The lowest BCUT2D eigenvalue weighted by molar-refractivity contribution is -0.138. The highest BCUT2D eigenvalue weighted by atomic mass is 19.1. The van der Waals surface area contributed by atoms with Gasteiger partial charge in [-0.05, 0) is 30.5 Å². The van der Waals surface area contributed by atoms with E-state index in [2.05, 4.69) is 29.5 Å². The fourth-order valence-electron chi connectivity index (χ4n) is 3.77. The van der Waals surface area contributed by atoms with Crippen LogP contribution in [0.25, 0.3) is 0 Å². The Morgan fingerprint density at radius 1 is 1.19 bits per heavy atom. The van der Waals surface area contributed by atoms with E-state index in [-0.39, 0.29) is 22.6 Å². The molecular weight excluding hydrogens is 343 g/mol. The predicted octanol–water partition coefficient (Wildman–Crippen LogP) is 2.92. The largest absolute Gasteiger partial charge is 0.356 e. The maximum atomic E-state index is 13.2. The van der Waals surface area contributed by atoms with Gasteiger partial charge in [0.1, 0.15) is 5.82 Å². The number of benzene rings is 1. The summed E-state index contributed by atoms with van der Waals surface area (Å²) in [6.07, 6.45) is 4.00. The van der Waals surface area contributed by atoms with E-state index in [1.54, 1.807) is 11.9 Å². The second kappa shape index (κ2) is 8.72. The average molecular weight is 377 g/mol. The highest BCUT2D eigenvalue weighted by Crippen LogP contribution is 2.38. The van der Waals surface area contributed by atoms with Crippen molar-refractivity contribution in [1.29, 1.82) is 0 Å². The molecule has 0 atom stereocenters. The molecule has 0 bridgehead atoms. The maximum Gasteiger partial charge on any atom is 0.230 e. The molecule has 2 rings (SSSR count). The number of hydrogen-bond acceptors (Lipinski definition) is 2. The molecule has 27 heavy (non-hydrogen) atoms. The molecule has 1 aliphatic carbocycles. The van der Waals surface area contributed by atoms with Gasteiger partial charge in [0.25, 0.3) is 0 Å². The molecule has 150 valence electrons. The third-order valence-corrected chi connectivity index (χ3v) is 5.56. The number of guanidine groups is 1. The van der Waals surface area contributed by atoms with Crippen LogP contribution in [0.3, 0.4) is 0 Å². The lowest BCUT2D eigenvalue weighted by Gasteiger charge is -2.32. The van der Waals surface area contributed by atoms with Crippen molar-refractivity contribution in [3.8, 4) is 0 Å². The molecule has 0 unspecified atom stereocenters. The molecule has 1 aliphatic rings. The van der Waals surface area contributed by atoms with Gasteiger partial charge in [-0.1, -0.05) is 38.8 Å². The van der Waals surface area contributed by atoms with Crippen LogP contribution in [0.2, 0.25) is 0 Å². The minimum absolute atomic E-state index is 0.185. The Kier molecular flexibility index (Phi) is 6.84. The Morgan fingerprint density at radius 3 is 2.30 bits per heavy atom. The SMILES string of the molecule is CN=C(NCC1(C(=O)N(C)C)CCCC1)NCC(C)(C)c1ccc(F)cc1. The zero-order chi connectivity index (χ0) is 20.1. The Labute approximate surface area is 162 Å². The van der Waals surface area contributed by atoms with Crippen LogP contribution < -0.4 is 10.6 Å². The summed E-state index contributed by atoms with van der Waals surface area (Å²) in [5.41, 5.74) is 0.533. The van der Waals surface area contributed by atoms with Gasteiger partial charge in [0.2, 0.25) is 5.91 Å². The molecule has 1 aromatic carbocycles. The zero-order valence-corrected chi connectivity index (χ0v) is 17.2. The molecule has 0 radical (unpaired) electrons. The Balaban J connectivity index is 1.97. The second-order valence-electron chi connectivity index (χ2n) is 8.36. The summed E-state index contributed by atoms with van der Waals surface area (Å²) in [5, 5.41) is 6.70. The molecule has 1 fully saturated rings. The normalized spacial score (nSPS) is 16.9. The quantitative estimate of drug-likeness (QED) is 0.593. The molecule has 1 saturated carbocycles. The first kappa shape index (κ1) is 21.2. The van der Waals surface area contributed by atoms with Gasteiger partial charge in [-0.3, -0.25) is 9.79 Å². The van der Waals surface area contributed by atoms with E-state index in [1.807, 2.05) is 26.2 Å². The third-order valence-electron chi connectivity index (χ3n) is 5.56. The molecule has 6 heteroatoms. The van der Waals surface area contributed by atoms with Crippen molar-refractivity contribution in [3.63, 3.8) is 0 Å². The molecule has 0 saturated heterocycles. The van der Waals surface area contributed by atoms with Gasteiger partial charge in [0.05, 0.1) is 5.41 Å². The van der Waals surface area contributed by atoms with Gasteiger partial charge in [0, 0.05) is 39.6 Å². The van der Waals surface area contributed by atoms with Crippen molar-refractivity contribution >= 4 is 11.9 Å². The summed E-state index contributed by atoms with van der Waals surface area (Å²) >= 11 is 0. The van der Waals surface area contributed by atoms with E-state index in [0.717, 1.165) is 31.2 Å². The number of amides is 1. The van der Waals surface area contributed by atoms with Gasteiger partial charge in [0.15, 0.2) is 5.96 Å². The van der Waals surface area contributed by atoms with Crippen molar-refractivity contribution in [2.75, 3.05) is 34.2 Å². The Hall–Kier alpha value is -2.11. The lowest BCUT2D eigenvalue weighted by Crippen LogP contribution is -2.50. The number of carbonyl (C=O) groups is 1. The highest BCUT2D eigenvalue weighted by Gasteiger charge is 2.42. The lowest BCUT2D eigenvalue weighted by atomic mass is 9.84. The summed E-state index contributed by atoms with van der Waals surface area (Å²) < 4.78 is 13.2. The third kappa shape index (κ3) is 5.21.